The maximum absolute atomic E-state index is 11.0. The molecule has 0 spiro atoms. The van der Waals surface area contributed by atoms with Gasteiger partial charge in [-0.25, -0.2) is 9.97 Å². The fourth-order valence-corrected chi connectivity index (χ4v) is 2.51. The van der Waals surface area contributed by atoms with Gasteiger partial charge in [0.05, 0.1) is 13.5 Å². The number of imidazole rings is 1. The van der Waals surface area contributed by atoms with Crippen molar-refractivity contribution in [3.63, 3.8) is 0 Å². The minimum Gasteiger partial charge on any atom is -0.497 e. The van der Waals surface area contributed by atoms with Crippen LogP contribution in [0.3, 0.4) is 0 Å². The number of rotatable bonds is 5. The van der Waals surface area contributed by atoms with E-state index in [1.54, 1.807) is 13.3 Å². The van der Waals surface area contributed by atoms with Gasteiger partial charge in [0.2, 0.25) is 0 Å². The van der Waals surface area contributed by atoms with Crippen LogP contribution in [0.4, 0.5) is 0 Å². The first-order valence-corrected chi connectivity index (χ1v) is 7.27. The Balaban J connectivity index is 2.16. The van der Waals surface area contributed by atoms with Gasteiger partial charge in [-0.2, -0.15) is 0 Å². The summed E-state index contributed by atoms with van der Waals surface area (Å²) >= 11 is 0. The monoisotopic (exact) mass is 311 g/mol. The van der Waals surface area contributed by atoms with Crippen molar-refractivity contribution >= 4 is 17.1 Å². The molecule has 0 radical (unpaired) electrons. The zero-order valence-electron chi connectivity index (χ0n) is 13.0. The lowest BCUT2D eigenvalue weighted by molar-refractivity contribution is -0.137. The number of hydrogen-bond acceptors (Lipinski definition) is 4. The number of aryl methyl sites for hydroxylation is 2. The number of carboxylic acids is 1. The molecule has 6 heteroatoms. The largest absolute Gasteiger partial charge is 0.497 e. The molecule has 0 aliphatic carbocycles. The highest BCUT2D eigenvalue weighted by Gasteiger charge is 2.15. The summed E-state index contributed by atoms with van der Waals surface area (Å²) in [7, 11) is 1.61. The molecule has 0 amide bonds. The highest BCUT2D eigenvalue weighted by atomic mass is 16.5. The number of carboxylic acid groups (broad SMARTS) is 1. The lowest BCUT2D eigenvalue weighted by Gasteiger charge is -2.08. The molecule has 3 rings (SSSR count). The van der Waals surface area contributed by atoms with Crippen molar-refractivity contribution in [2.45, 2.75) is 19.9 Å². The van der Waals surface area contributed by atoms with E-state index < -0.39 is 5.97 Å². The maximum atomic E-state index is 11.0. The molecule has 2 aromatic heterocycles. The number of hydrogen-bond donors (Lipinski definition) is 1. The molecule has 2 heterocycles. The molecular weight excluding hydrogens is 294 g/mol. The highest BCUT2D eigenvalue weighted by Crippen LogP contribution is 2.27. The van der Waals surface area contributed by atoms with Gasteiger partial charge in [-0.3, -0.25) is 4.79 Å². The van der Waals surface area contributed by atoms with Gasteiger partial charge < -0.3 is 14.4 Å². The van der Waals surface area contributed by atoms with Crippen LogP contribution in [0.25, 0.3) is 22.6 Å². The molecule has 1 aromatic carbocycles. The zero-order chi connectivity index (χ0) is 16.4. The second-order valence-corrected chi connectivity index (χ2v) is 5.32. The minimum atomic E-state index is -0.851. The number of ether oxygens (including phenoxy) is 1. The Morgan fingerprint density at radius 1 is 1.35 bits per heavy atom. The van der Waals surface area contributed by atoms with Crippen LogP contribution in [0.5, 0.6) is 5.75 Å². The van der Waals surface area contributed by atoms with Gasteiger partial charge in [-0.15, -0.1) is 0 Å². The lowest BCUT2D eigenvalue weighted by atomic mass is 10.2. The van der Waals surface area contributed by atoms with Crippen LogP contribution in [0.15, 0.2) is 36.5 Å². The van der Waals surface area contributed by atoms with E-state index in [1.807, 2.05) is 41.8 Å². The number of pyridine rings is 1. The predicted octanol–water partition coefficient (Wildman–Crippen LogP) is 2.89. The fourth-order valence-electron chi connectivity index (χ4n) is 2.51. The Morgan fingerprint density at radius 2 is 2.17 bits per heavy atom. The standard InChI is InChI=1S/C17H17N3O3/c1-11-8-14-17(18-10-11)20(7-6-15(21)22)16(19-14)12-4-3-5-13(9-12)23-2/h3-5,8-10H,6-7H2,1-2H3,(H,21,22). The molecule has 0 aliphatic heterocycles. The summed E-state index contributed by atoms with van der Waals surface area (Å²) in [5.74, 6) is 0.567. The van der Waals surface area contributed by atoms with Gasteiger partial charge in [-0.05, 0) is 30.7 Å². The van der Waals surface area contributed by atoms with Crippen molar-refractivity contribution in [2.24, 2.45) is 0 Å². The van der Waals surface area contributed by atoms with Gasteiger partial charge in [0.15, 0.2) is 5.65 Å². The Kier molecular flexibility index (Phi) is 3.97. The van der Waals surface area contributed by atoms with E-state index in [0.717, 1.165) is 22.4 Å². The van der Waals surface area contributed by atoms with Crippen molar-refractivity contribution in [1.82, 2.24) is 14.5 Å². The van der Waals surface area contributed by atoms with Gasteiger partial charge in [-0.1, -0.05) is 12.1 Å². The first kappa shape index (κ1) is 15.0. The number of fused-ring (bicyclic) bond motifs is 1. The molecule has 0 atom stereocenters. The summed E-state index contributed by atoms with van der Waals surface area (Å²) < 4.78 is 7.11. The van der Waals surface area contributed by atoms with Crippen molar-refractivity contribution in [1.29, 1.82) is 0 Å². The Hall–Kier alpha value is -2.89. The highest BCUT2D eigenvalue weighted by molar-refractivity contribution is 5.78. The third kappa shape index (κ3) is 3.01. The third-order valence-corrected chi connectivity index (χ3v) is 3.60. The quantitative estimate of drug-likeness (QED) is 0.784. The van der Waals surface area contributed by atoms with Crippen molar-refractivity contribution in [3.8, 4) is 17.1 Å². The number of aliphatic carboxylic acids is 1. The fraction of sp³-hybridized carbons (Fsp3) is 0.235. The van der Waals surface area contributed by atoms with Crippen LogP contribution >= 0.6 is 0 Å². The summed E-state index contributed by atoms with van der Waals surface area (Å²) in [6.07, 6.45) is 1.77. The van der Waals surface area contributed by atoms with Crippen LogP contribution in [0, 0.1) is 6.92 Å². The van der Waals surface area contributed by atoms with Gasteiger partial charge >= 0.3 is 5.97 Å². The molecule has 118 valence electrons. The molecule has 0 saturated carbocycles. The normalized spacial score (nSPS) is 10.9. The molecule has 6 nitrogen and oxygen atoms in total. The van der Waals surface area contributed by atoms with Gasteiger partial charge in [0.1, 0.15) is 17.1 Å². The molecule has 1 N–H and O–H groups in total. The van der Waals surface area contributed by atoms with E-state index in [-0.39, 0.29) is 6.42 Å². The van der Waals surface area contributed by atoms with E-state index in [9.17, 15) is 4.79 Å². The van der Waals surface area contributed by atoms with Gasteiger partial charge in [0, 0.05) is 18.3 Å². The van der Waals surface area contributed by atoms with Gasteiger partial charge in [0.25, 0.3) is 0 Å². The second kappa shape index (κ2) is 6.08. The predicted molar refractivity (Wildman–Crippen MR) is 86.5 cm³/mol. The SMILES string of the molecule is COc1cccc(-c2nc3cc(C)cnc3n2CCC(=O)O)c1. The molecular formula is C17H17N3O3. The number of nitrogens with zero attached hydrogens (tertiary/aromatic N) is 3. The van der Waals surface area contributed by atoms with Crippen LogP contribution in [0.2, 0.25) is 0 Å². The average Bonchev–Trinajstić information content (AvgIpc) is 2.90. The molecule has 0 bridgehead atoms. The number of carbonyl (C=O) groups is 1. The topological polar surface area (TPSA) is 77.2 Å². The first-order chi connectivity index (χ1) is 11.1. The van der Waals surface area contributed by atoms with E-state index >= 15 is 0 Å². The van der Waals surface area contributed by atoms with E-state index in [2.05, 4.69) is 9.97 Å². The Morgan fingerprint density at radius 3 is 2.91 bits per heavy atom. The maximum Gasteiger partial charge on any atom is 0.305 e. The van der Waals surface area contributed by atoms with Crippen molar-refractivity contribution in [3.05, 3.63) is 42.1 Å². The Bertz CT molecular complexity index is 871. The minimum absolute atomic E-state index is 0.0119. The summed E-state index contributed by atoms with van der Waals surface area (Å²) in [4.78, 5) is 20.0. The molecule has 0 unspecified atom stereocenters. The van der Waals surface area contributed by atoms with Crippen molar-refractivity contribution in [2.75, 3.05) is 7.11 Å². The Labute approximate surface area is 133 Å². The zero-order valence-corrected chi connectivity index (χ0v) is 13.0. The molecule has 23 heavy (non-hydrogen) atoms. The lowest BCUT2D eigenvalue weighted by Crippen LogP contribution is -2.06. The number of aromatic nitrogens is 3. The molecule has 0 fully saturated rings. The van der Waals surface area contributed by atoms with E-state index in [1.165, 1.54) is 0 Å². The van der Waals surface area contributed by atoms with E-state index in [4.69, 9.17) is 9.84 Å². The van der Waals surface area contributed by atoms with Crippen molar-refractivity contribution < 1.29 is 14.6 Å². The third-order valence-electron chi connectivity index (χ3n) is 3.60. The van der Waals surface area contributed by atoms with E-state index in [0.29, 0.717) is 18.0 Å². The van der Waals surface area contributed by atoms with Crippen LogP contribution in [-0.4, -0.2) is 32.7 Å². The second-order valence-electron chi connectivity index (χ2n) is 5.32. The summed E-state index contributed by atoms with van der Waals surface area (Å²) in [6, 6.07) is 9.49. The number of methoxy groups -OCH3 is 1. The summed E-state index contributed by atoms with van der Waals surface area (Å²) in [6.45, 7) is 2.27. The first-order valence-electron chi connectivity index (χ1n) is 7.27. The van der Waals surface area contributed by atoms with Crippen LogP contribution in [-0.2, 0) is 11.3 Å². The summed E-state index contributed by atoms with van der Waals surface area (Å²) in [5, 5.41) is 9.00. The molecule has 0 aliphatic rings. The smallest absolute Gasteiger partial charge is 0.305 e. The summed E-state index contributed by atoms with van der Waals surface area (Å²) in [5.41, 5.74) is 3.32. The number of benzene rings is 1. The average molecular weight is 311 g/mol. The van der Waals surface area contributed by atoms with Crippen LogP contribution < -0.4 is 4.74 Å². The van der Waals surface area contributed by atoms with Crippen LogP contribution in [0.1, 0.15) is 12.0 Å². The molecule has 3 aromatic rings. The molecule has 0 saturated heterocycles.